The van der Waals surface area contributed by atoms with Crippen molar-refractivity contribution in [1.29, 1.82) is 0 Å². The lowest BCUT2D eigenvalue weighted by Gasteiger charge is -2.40. The molecule has 26 heavy (non-hydrogen) atoms. The number of aromatic amines is 1. The van der Waals surface area contributed by atoms with Crippen molar-refractivity contribution < 1.29 is 14.3 Å². The van der Waals surface area contributed by atoms with E-state index in [2.05, 4.69) is 23.5 Å². The number of anilines is 1. The van der Waals surface area contributed by atoms with Crippen molar-refractivity contribution in [3.8, 4) is 0 Å². The van der Waals surface area contributed by atoms with Crippen molar-refractivity contribution in [1.82, 2.24) is 9.88 Å². The summed E-state index contributed by atoms with van der Waals surface area (Å²) in [5.41, 5.74) is 0.238. The number of pyridine rings is 1. The Kier molecular flexibility index (Phi) is 3.84. The molecule has 0 saturated carbocycles. The first-order valence-corrected chi connectivity index (χ1v) is 8.63. The molecule has 0 amide bonds. The molecule has 0 spiro atoms. The number of halogens is 1. The van der Waals surface area contributed by atoms with E-state index >= 15 is 4.39 Å². The highest BCUT2D eigenvalue weighted by Gasteiger charge is 2.38. The minimum atomic E-state index is -1.34. The van der Waals surface area contributed by atoms with Crippen LogP contribution in [-0.4, -0.2) is 53.2 Å². The number of hydrogen-bond donors (Lipinski definition) is 2. The number of rotatable bonds is 3. The van der Waals surface area contributed by atoms with Gasteiger partial charge in [0.05, 0.1) is 16.6 Å². The number of aromatic nitrogens is 1. The van der Waals surface area contributed by atoms with Crippen LogP contribution >= 0.6 is 0 Å². The van der Waals surface area contributed by atoms with Crippen molar-refractivity contribution in [2.75, 3.05) is 25.0 Å². The van der Waals surface area contributed by atoms with Gasteiger partial charge in [0.15, 0.2) is 0 Å². The molecule has 2 aliphatic heterocycles. The summed E-state index contributed by atoms with van der Waals surface area (Å²) in [7, 11) is 2.11. The van der Waals surface area contributed by atoms with E-state index in [1.807, 2.05) is 4.90 Å². The van der Waals surface area contributed by atoms with Gasteiger partial charge >= 0.3 is 5.97 Å². The van der Waals surface area contributed by atoms with Crippen LogP contribution in [0.5, 0.6) is 0 Å². The Labute approximate surface area is 149 Å². The smallest absolute Gasteiger partial charge is 0.341 e. The van der Waals surface area contributed by atoms with Crippen LogP contribution in [0.3, 0.4) is 0 Å². The summed E-state index contributed by atoms with van der Waals surface area (Å²) in [6, 6.07) is 1.91. The average molecular weight is 357 g/mol. The molecular weight excluding hydrogens is 337 g/mol. The first kappa shape index (κ1) is 16.8. The summed E-state index contributed by atoms with van der Waals surface area (Å²) in [5.74, 6) is -1.86. The normalized spacial score (nSPS) is 22.8. The fourth-order valence-corrected chi connectivity index (χ4v) is 4.32. The maximum Gasteiger partial charge on any atom is 0.341 e. The minimum absolute atomic E-state index is 0.0261. The van der Waals surface area contributed by atoms with Crippen molar-refractivity contribution in [2.24, 2.45) is 0 Å². The zero-order valence-electron chi connectivity index (χ0n) is 14.5. The van der Waals surface area contributed by atoms with Gasteiger partial charge in [-0.1, -0.05) is 12.7 Å². The van der Waals surface area contributed by atoms with Crippen LogP contribution in [-0.2, 0) is 0 Å². The first-order chi connectivity index (χ1) is 12.4. The van der Waals surface area contributed by atoms with E-state index in [0.717, 1.165) is 25.1 Å². The Hall–Kier alpha value is -2.67. The summed E-state index contributed by atoms with van der Waals surface area (Å²) in [6.45, 7) is 5.22. The molecule has 2 aliphatic rings. The molecule has 4 rings (SSSR count). The molecule has 2 unspecified atom stereocenters. The zero-order valence-corrected chi connectivity index (χ0v) is 14.5. The lowest BCUT2D eigenvalue weighted by Crippen LogP contribution is -2.52. The van der Waals surface area contributed by atoms with Crippen molar-refractivity contribution in [3.63, 3.8) is 0 Å². The van der Waals surface area contributed by atoms with Crippen LogP contribution in [0.4, 0.5) is 10.1 Å². The van der Waals surface area contributed by atoms with Crippen LogP contribution in [0.2, 0.25) is 0 Å². The molecule has 6 nitrogen and oxygen atoms in total. The topological polar surface area (TPSA) is 76.6 Å². The number of carbonyl (C=O) groups is 1. The Balaban J connectivity index is 1.90. The fourth-order valence-electron chi connectivity index (χ4n) is 4.32. The first-order valence-electron chi connectivity index (χ1n) is 8.63. The molecule has 0 radical (unpaired) electrons. The van der Waals surface area contributed by atoms with Gasteiger partial charge in [-0.25, -0.2) is 9.18 Å². The molecule has 136 valence electrons. The molecular formula is C19H20FN3O3. The quantitative estimate of drug-likeness (QED) is 0.881. The summed E-state index contributed by atoms with van der Waals surface area (Å²) < 4.78 is 15.0. The number of nitrogens with zero attached hydrogens (tertiary/aromatic N) is 2. The number of H-pyrrole nitrogens is 1. The van der Waals surface area contributed by atoms with E-state index in [4.69, 9.17) is 5.11 Å². The van der Waals surface area contributed by atoms with Crippen LogP contribution in [0.25, 0.3) is 17.0 Å². The maximum atomic E-state index is 15.0. The number of carboxylic acid groups (broad SMARTS) is 1. The van der Waals surface area contributed by atoms with E-state index in [1.54, 1.807) is 0 Å². The third-order valence-corrected chi connectivity index (χ3v) is 5.74. The van der Waals surface area contributed by atoms with Gasteiger partial charge in [-0.05, 0) is 26.0 Å². The minimum Gasteiger partial charge on any atom is -0.477 e. The Morgan fingerprint density at radius 2 is 2.04 bits per heavy atom. The lowest BCUT2D eigenvalue weighted by atomic mass is 10.0. The third kappa shape index (κ3) is 2.34. The number of likely N-dealkylation sites (N-methyl/N-ethyl adjacent to an activating group) is 1. The van der Waals surface area contributed by atoms with Gasteiger partial charge in [0, 0.05) is 36.9 Å². The largest absolute Gasteiger partial charge is 0.477 e. The second kappa shape index (κ2) is 5.95. The van der Waals surface area contributed by atoms with E-state index in [1.165, 1.54) is 6.08 Å². The molecule has 2 aromatic rings. The van der Waals surface area contributed by atoms with Crippen molar-refractivity contribution >= 4 is 28.6 Å². The Morgan fingerprint density at radius 1 is 1.38 bits per heavy atom. The molecule has 2 saturated heterocycles. The number of carboxylic acids is 1. The molecule has 2 fully saturated rings. The van der Waals surface area contributed by atoms with Gasteiger partial charge in [0.2, 0.25) is 5.43 Å². The maximum absolute atomic E-state index is 15.0. The van der Waals surface area contributed by atoms with Gasteiger partial charge in [-0.2, -0.15) is 0 Å². The lowest BCUT2D eigenvalue weighted by molar-refractivity contribution is 0.0695. The average Bonchev–Trinajstić information content (AvgIpc) is 2.82. The highest BCUT2D eigenvalue weighted by molar-refractivity contribution is 5.97. The van der Waals surface area contributed by atoms with E-state index in [0.29, 0.717) is 41.9 Å². The third-order valence-electron chi connectivity index (χ3n) is 5.74. The second-order valence-electron chi connectivity index (χ2n) is 7.04. The van der Waals surface area contributed by atoms with Crippen LogP contribution in [0.15, 0.2) is 23.6 Å². The number of hydrogen-bond acceptors (Lipinski definition) is 4. The van der Waals surface area contributed by atoms with Crippen LogP contribution in [0.1, 0.15) is 28.8 Å². The monoisotopic (exact) mass is 357 g/mol. The molecule has 0 aliphatic carbocycles. The molecule has 1 aromatic carbocycles. The Bertz CT molecular complexity index is 970. The molecule has 2 bridgehead atoms. The van der Waals surface area contributed by atoms with Gasteiger partial charge in [-0.15, -0.1) is 0 Å². The molecule has 2 N–H and O–H groups in total. The highest BCUT2D eigenvalue weighted by atomic mass is 19.1. The van der Waals surface area contributed by atoms with E-state index < -0.39 is 22.8 Å². The summed E-state index contributed by atoms with van der Waals surface area (Å²) in [6.07, 6.45) is 4.87. The SMILES string of the molecule is C=Cc1c(N2CC3CCC(C2)N3C)c(F)cc2c(=O)c(C(=O)O)c[nH]c12. The fraction of sp³-hybridized carbons (Fsp3) is 0.368. The molecule has 1 aromatic heterocycles. The number of aromatic carboxylic acids is 1. The molecule has 2 atom stereocenters. The molecule has 3 heterocycles. The molecule has 7 heteroatoms. The number of nitrogens with one attached hydrogen (secondary N) is 1. The zero-order chi connectivity index (χ0) is 18.6. The van der Waals surface area contributed by atoms with Gasteiger partial charge in [0.1, 0.15) is 11.4 Å². The highest BCUT2D eigenvalue weighted by Crippen LogP contribution is 2.36. The van der Waals surface area contributed by atoms with Crippen LogP contribution < -0.4 is 10.3 Å². The summed E-state index contributed by atoms with van der Waals surface area (Å²) >= 11 is 0. The number of fused-ring (bicyclic) bond motifs is 3. The van der Waals surface area contributed by atoms with Gasteiger partial charge in [-0.3, -0.25) is 9.69 Å². The Morgan fingerprint density at radius 3 is 2.62 bits per heavy atom. The van der Waals surface area contributed by atoms with Gasteiger partial charge in [0.25, 0.3) is 0 Å². The standard InChI is InChI=1S/C19H20FN3O3/c1-3-12-16-13(18(24)14(7-21-16)19(25)26)6-15(20)17(12)23-8-10-4-5-11(9-23)22(10)2/h3,6-7,10-11H,1,4-5,8-9H2,2H3,(H,21,24)(H,25,26). The van der Waals surface area contributed by atoms with Crippen LogP contribution in [0, 0.1) is 5.82 Å². The summed E-state index contributed by atoms with van der Waals surface area (Å²) in [5, 5.41) is 9.15. The van der Waals surface area contributed by atoms with E-state index in [-0.39, 0.29) is 5.39 Å². The second-order valence-corrected chi connectivity index (χ2v) is 7.04. The van der Waals surface area contributed by atoms with Crippen molar-refractivity contribution in [3.05, 3.63) is 46.0 Å². The number of benzene rings is 1. The number of piperazine rings is 1. The van der Waals surface area contributed by atoms with Gasteiger partial charge < -0.3 is 15.0 Å². The summed E-state index contributed by atoms with van der Waals surface area (Å²) in [4.78, 5) is 30.8. The van der Waals surface area contributed by atoms with E-state index in [9.17, 15) is 9.59 Å². The predicted molar refractivity (Wildman–Crippen MR) is 98.4 cm³/mol. The predicted octanol–water partition coefficient (Wildman–Crippen LogP) is 2.29. The van der Waals surface area contributed by atoms with Crippen molar-refractivity contribution in [2.45, 2.75) is 24.9 Å².